The Bertz CT molecular complexity index is 1290. The number of fused-ring (bicyclic) bond motifs is 2. The predicted molar refractivity (Wildman–Crippen MR) is 109 cm³/mol. The summed E-state index contributed by atoms with van der Waals surface area (Å²) < 4.78 is 15.5. The van der Waals surface area contributed by atoms with Crippen molar-refractivity contribution in [2.75, 3.05) is 0 Å². The van der Waals surface area contributed by atoms with Crippen LogP contribution in [0.25, 0.3) is 33.7 Å². The summed E-state index contributed by atoms with van der Waals surface area (Å²) in [7, 11) is 0. The second-order valence-electron chi connectivity index (χ2n) is 6.87. The third-order valence-electron chi connectivity index (χ3n) is 4.82. The second kappa shape index (κ2) is 6.53. The van der Waals surface area contributed by atoms with E-state index < -0.39 is 0 Å². The van der Waals surface area contributed by atoms with Gasteiger partial charge in [0.15, 0.2) is 11.3 Å². The van der Waals surface area contributed by atoms with E-state index in [9.17, 15) is 4.39 Å². The maximum absolute atomic E-state index is 13.4. The van der Waals surface area contributed by atoms with Crippen LogP contribution < -0.4 is 0 Å². The van der Waals surface area contributed by atoms with Crippen LogP contribution in [0.2, 0.25) is 0 Å². The molecule has 136 valence electrons. The first-order valence-electron chi connectivity index (χ1n) is 9.12. The lowest BCUT2D eigenvalue weighted by molar-refractivity contribution is 0.628. The van der Waals surface area contributed by atoms with Crippen molar-refractivity contribution in [3.63, 3.8) is 0 Å². The molecule has 0 amide bonds. The third kappa shape index (κ3) is 2.91. The number of rotatable bonds is 3. The van der Waals surface area contributed by atoms with Crippen molar-refractivity contribution in [3.8, 4) is 11.4 Å². The Morgan fingerprint density at radius 2 is 1.46 bits per heavy atom. The van der Waals surface area contributed by atoms with Crippen LogP contribution in [0.3, 0.4) is 0 Å². The van der Waals surface area contributed by atoms with Crippen molar-refractivity contribution in [2.24, 2.45) is 0 Å². The van der Waals surface area contributed by atoms with Crippen LogP contribution in [-0.2, 0) is 6.54 Å². The molecule has 0 N–H and O–H groups in total. The first kappa shape index (κ1) is 16.6. The molecule has 2 heterocycles. The summed E-state index contributed by atoms with van der Waals surface area (Å²) in [6.07, 6.45) is 0. The zero-order valence-electron chi connectivity index (χ0n) is 15.3. The van der Waals surface area contributed by atoms with E-state index in [-0.39, 0.29) is 5.82 Å². The van der Waals surface area contributed by atoms with Gasteiger partial charge in [-0.25, -0.2) is 19.3 Å². The van der Waals surface area contributed by atoms with E-state index in [4.69, 9.17) is 9.97 Å². The topological polar surface area (TPSA) is 43.6 Å². The minimum absolute atomic E-state index is 0.271. The quantitative estimate of drug-likeness (QED) is 0.443. The van der Waals surface area contributed by atoms with E-state index in [1.807, 2.05) is 28.8 Å². The van der Waals surface area contributed by atoms with E-state index in [0.29, 0.717) is 12.2 Å². The van der Waals surface area contributed by atoms with Gasteiger partial charge >= 0.3 is 0 Å². The summed E-state index contributed by atoms with van der Waals surface area (Å²) >= 11 is 0. The lowest BCUT2D eigenvalue weighted by atomic mass is 10.1. The molecule has 0 saturated heterocycles. The van der Waals surface area contributed by atoms with Crippen LogP contribution in [0.5, 0.6) is 0 Å². The molecule has 0 aliphatic carbocycles. The largest absolute Gasteiger partial charge is 0.303 e. The van der Waals surface area contributed by atoms with Gasteiger partial charge in [-0.2, -0.15) is 0 Å². The van der Waals surface area contributed by atoms with Crippen LogP contribution >= 0.6 is 0 Å². The van der Waals surface area contributed by atoms with Gasteiger partial charge < -0.3 is 4.57 Å². The van der Waals surface area contributed by atoms with Gasteiger partial charge in [0.2, 0.25) is 0 Å². The average molecular weight is 368 g/mol. The number of halogens is 1. The Morgan fingerprint density at radius 3 is 2.18 bits per heavy atom. The number of imidazole rings is 1. The van der Waals surface area contributed by atoms with Crippen LogP contribution in [0.1, 0.15) is 11.1 Å². The molecule has 0 saturated carbocycles. The third-order valence-corrected chi connectivity index (χ3v) is 4.82. The van der Waals surface area contributed by atoms with Crippen molar-refractivity contribution in [2.45, 2.75) is 13.5 Å². The molecular formula is C23H17FN4. The molecule has 0 atom stereocenters. The fraction of sp³-hybridized carbons (Fsp3) is 0.0870. The summed E-state index contributed by atoms with van der Waals surface area (Å²) in [5.41, 5.74) is 6.12. The monoisotopic (exact) mass is 368 g/mol. The van der Waals surface area contributed by atoms with E-state index in [2.05, 4.69) is 36.2 Å². The molecule has 28 heavy (non-hydrogen) atoms. The summed E-state index contributed by atoms with van der Waals surface area (Å²) in [5.74, 6) is 0.456. The van der Waals surface area contributed by atoms with Gasteiger partial charge in [0, 0.05) is 5.56 Å². The highest BCUT2D eigenvalue weighted by atomic mass is 19.1. The molecule has 3 aromatic carbocycles. The number of aryl methyl sites for hydroxylation is 1. The number of para-hydroxylation sites is 2. The first-order valence-corrected chi connectivity index (χ1v) is 9.12. The number of hydrogen-bond acceptors (Lipinski definition) is 3. The Morgan fingerprint density at radius 1 is 0.786 bits per heavy atom. The summed E-state index contributed by atoms with van der Waals surface area (Å²) in [6.45, 7) is 2.68. The molecule has 0 fully saturated rings. The molecule has 0 aliphatic heterocycles. The highest BCUT2D eigenvalue weighted by molar-refractivity contribution is 5.84. The molecule has 5 rings (SSSR count). The fourth-order valence-corrected chi connectivity index (χ4v) is 3.34. The maximum Gasteiger partial charge on any atom is 0.198 e. The number of aromatic nitrogens is 4. The smallest absolute Gasteiger partial charge is 0.198 e. The average Bonchev–Trinajstić information content (AvgIpc) is 3.06. The molecular weight excluding hydrogens is 351 g/mol. The van der Waals surface area contributed by atoms with Crippen molar-refractivity contribution in [3.05, 3.63) is 89.7 Å². The summed E-state index contributed by atoms with van der Waals surface area (Å²) in [6, 6.07) is 22.5. The minimum Gasteiger partial charge on any atom is -0.303 e. The lowest BCUT2D eigenvalue weighted by Crippen LogP contribution is -2.03. The zero-order chi connectivity index (χ0) is 19.1. The van der Waals surface area contributed by atoms with Crippen LogP contribution in [0.4, 0.5) is 4.39 Å². The van der Waals surface area contributed by atoms with Crippen molar-refractivity contribution < 1.29 is 4.39 Å². The highest BCUT2D eigenvalue weighted by Gasteiger charge is 2.16. The molecule has 0 spiro atoms. The molecule has 2 aromatic heterocycles. The Labute approximate surface area is 161 Å². The number of hydrogen-bond donors (Lipinski definition) is 0. The van der Waals surface area contributed by atoms with Crippen LogP contribution in [0, 0.1) is 12.7 Å². The SMILES string of the molecule is Cc1ccc(Cn2c(-c3ccc(F)cc3)nc3nc4ccccc4nc32)cc1. The molecule has 0 radical (unpaired) electrons. The number of benzene rings is 3. The van der Waals surface area contributed by atoms with E-state index >= 15 is 0 Å². The molecule has 0 aliphatic rings. The second-order valence-corrected chi connectivity index (χ2v) is 6.87. The van der Waals surface area contributed by atoms with Gasteiger partial charge in [-0.3, -0.25) is 0 Å². The van der Waals surface area contributed by atoms with Crippen LogP contribution in [-0.4, -0.2) is 19.5 Å². The Kier molecular flexibility index (Phi) is 3.86. The summed E-state index contributed by atoms with van der Waals surface area (Å²) in [4.78, 5) is 14.3. The highest BCUT2D eigenvalue weighted by Crippen LogP contribution is 2.26. The fourth-order valence-electron chi connectivity index (χ4n) is 3.34. The lowest BCUT2D eigenvalue weighted by Gasteiger charge is -2.09. The van der Waals surface area contributed by atoms with Crippen LogP contribution in [0.15, 0.2) is 72.8 Å². The minimum atomic E-state index is -0.271. The summed E-state index contributed by atoms with van der Waals surface area (Å²) in [5, 5.41) is 0. The van der Waals surface area contributed by atoms with Crippen molar-refractivity contribution >= 4 is 22.3 Å². The van der Waals surface area contributed by atoms with E-state index in [1.54, 1.807) is 12.1 Å². The molecule has 5 heteroatoms. The first-order chi connectivity index (χ1) is 13.7. The van der Waals surface area contributed by atoms with Gasteiger partial charge in [-0.05, 0) is 48.9 Å². The van der Waals surface area contributed by atoms with Gasteiger partial charge in [0.1, 0.15) is 11.6 Å². The zero-order valence-corrected chi connectivity index (χ0v) is 15.3. The van der Waals surface area contributed by atoms with Crippen molar-refractivity contribution in [1.82, 2.24) is 19.5 Å². The van der Waals surface area contributed by atoms with Crippen molar-refractivity contribution in [1.29, 1.82) is 0 Å². The van der Waals surface area contributed by atoms with Gasteiger partial charge in [0.05, 0.1) is 17.6 Å². The van der Waals surface area contributed by atoms with Gasteiger partial charge in [-0.1, -0.05) is 42.0 Å². The maximum atomic E-state index is 13.4. The molecule has 5 aromatic rings. The Hall–Kier alpha value is -3.60. The molecule has 0 bridgehead atoms. The molecule has 0 unspecified atom stereocenters. The Balaban J connectivity index is 1.74. The van der Waals surface area contributed by atoms with Gasteiger partial charge in [-0.15, -0.1) is 0 Å². The molecule has 4 nitrogen and oxygen atoms in total. The predicted octanol–water partition coefficient (Wildman–Crippen LogP) is 5.14. The van der Waals surface area contributed by atoms with E-state index in [0.717, 1.165) is 33.6 Å². The normalized spacial score (nSPS) is 11.4. The standard InChI is InChI=1S/C23H17FN4/c1-15-6-8-16(9-7-15)14-28-22(17-10-12-18(24)13-11-17)27-21-23(28)26-20-5-3-2-4-19(20)25-21/h2-13H,14H2,1H3. The van der Waals surface area contributed by atoms with E-state index in [1.165, 1.54) is 17.7 Å². The van der Waals surface area contributed by atoms with Gasteiger partial charge in [0.25, 0.3) is 0 Å². The number of nitrogens with zero attached hydrogens (tertiary/aromatic N) is 4.